The molecule has 0 unspecified atom stereocenters. The van der Waals surface area contributed by atoms with Gasteiger partial charge in [-0.2, -0.15) is 13.2 Å². The molecule has 3 aromatic rings. The van der Waals surface area contributed by atoms with Crippen LogP contribution in [0.5, 0.6) is 17.2 Å². The van der Waals surface area contributed by atoms with Crippen LogP contribution in [0.1, 0.15) is 22.3 Å². The van der Waals surface area contributed by atoms with Crippen LogP contribution in [0.3, 0.4) is 0 Å². The Morgan fingerprint density at radius 1 is 0.976 bits per heavy atom. The van der Waals surface area contributed by atoms with Crippen molar-refractivity contribution in [1.82, 2.24) is 4.90 Å². The summed E-state index contributed by atoms with van der Waals surface area (Å²) in [5.74, 6) is -0.700. The molecule has 1 aliphatic heterocycles. The number of anilines is 1. The Labute approximate surface area is 238 Å². The van der Waals surface area contributed by atoms with Gasteiger partial charge in [0.1, 0.15) is 18.9 Å². The van der Waals surface area contributed by atoms with E-state index in [0.29, 0.717) is 46.4 Å². The third-order valence-corrected chi connectivity index (χ3v) is 6.85. The Morgan fingerprint density at radius 2 is 1.71 bits per heavy atom. The van der Waals surface area contributed by atoms with Crippen LogP contribution in [0.4, 0.5) is 23.7 Å². The number of imide groups is 1. The normalized spacial score (nSPS) is 14.4. The maximum Gasteiger partial charge on any atom is 0.416 e. The quantitative estimate of drug-likeness (QED) is 0.295. The van der Waals surface area contributed by atoms with E-state index in [-0.39, 0.29) is 16.3 Å². The van der Waals surface area contributed by atoms with Gasteiger partial charge in [0.25, 0.3) is 11.1 Å². The number of ether oxygens (including phenoxy) is 3. The van der Waals surface area contributed by atoms with E-state index in [1.807, 2.05) is 31.2 Å². The van der Waals surface area contributed by atoms with Crippen LogP contribution in [0.25, 0.3) is 6.08 Å². The monoisotopic (exact) mass is 586 g/mol. The van der Waals surface area contributed by atoms with E-state index in [1.165, 1.54) is 20.3 Å². The molecule has 0 saturated carbocycles. The lowest BCUT2D eigenvalue weighted by molar-refractivity contribution is -0.137. The fourth-order valence-corrected chi connectivity index (χ4v) is 4.80. The minimum atomic E-state index is -4.64. The molecule has 1 heterocycles. The van der Waals surface area contributed by atoms with Crippen molar-refractivity contribution in [2.45, 2.75) is 19.7 Å². The number of carbonyl (C=O) groups excluding carboxylic acids is 3. The fraction of sp³-hybridized carbons (Fsp3) is 0.207. The van der Waals surface area contributed by atoms with E-state index >= 15 is 0 Å². The third kappa shape index (κ3) is 7.20. The lowest BCUT2D eigenvalue weighted by Crippen LogP contribution is -2.36. The first-order valence-corrected chi connectivity index (χ1v) is 13.0. The molecule has 0 bridgehead atoms. The Kier molecular flexibility index (Phi) is 8.92. The van der Waals surface area contributed by atoms with E-state index in [2.05, 4.69) is 5.32 Å². The topological polar surface area (TPSA) is 94.2 Å². The first-order chi connectivity index (χ1) is 19.5. The lowest BCUT2D eigenvalue weighted by Gasteiger charge is -2.16. The summed E-state index contributed by atoms with van der Waals surface area (Å²) in [6.45, 7) is 1.61. The summed E-state index contributed by atoms with van der Waals surface area (Å²) >= 11 is 0.638. The third-order valence-electron chi connectivity index (χ3n) is 5.94. The van der Waals surface area contributed by atoms with Gasteiger partial charge in [0, 0.05) is 0 Å². The largest absolute Gasteiger partial charge is 0.495 e. The van der Waals surface area contributed by atoms with Crippen LogP contribution >= 0.6 is 11.8 Å². The number of hydrogen-bond donors (Lipinski definition) is 1. The molecule has 12 heteroatoms. The first-order valence-electron chi connectivity index (χ1n) is 12.2. The van der Waals surface area contributed by atoms with Gasteiger partial charge in [-0.05, 0) is 66.2 Å². The summed E-state index contributed by atoms with van der Waals surface area (Å²) in [4.78, 5) is 38.8. The van der Waals surface area contributed by atoms with Crippen molar-refractivity contribution in [2.24, 2.45) is 0 Å². The van der Waals surface area contributed by atoms with Crippen LogP contribution in [0.15, 0.2) is 65.6 Å². The number of rotatable bonds is 9. The molecule has 1 saturated heterocycles. The van der Waals surface area contributed by atoms with Gasteiger partial charge in [0.15, 0.2) is 11.5 Å². The molecular weight excluding hydrogens is 561 g/mol. The van der Waals surface area contributed by atoms with Crippen molar-refractivity contribution in [2.75, 3.05) is 26.1 Å². The van der Waals surface area contributed by atoms with Gasteiger partial charge >= 0.3 is 6.18 Å². The van der Waals surface area contributed by atoms with E-state index in [1.54, 1.807) is 18.2 Å². The number of methoxy groups -OCH3 is 2. The average molecular weight is 587 g/mol. The molecule has 0 spiro atoms. The second-order valence-electron chi connectivity index (χ2n) is 8.92. The van der Waals surface area contributed by atoms with E-state index in [4.69, 9.17) is 14.2 Å². The predicted octanol–water partition coefficient (Wildman–Crippen LogP) is 6.29. The highest BCUT2D eigenvalue weighted by Crippen LogP contribution is 2.36. The zero-order chi connectivity index (χ0) is 29.7. The molecule has 1 aliphatic rings. The van der Waals surface area contributed by atoms with Gasteiger partial charge in [0.2, 0.25) is 5.91 Å². The molecule has 0 atom stereocenters. The molecule has 0 aliphatic carbocycles. The summed E-state index contributed by atoms with van der Waals surface area (Å²) in [5, 5.41) is 1.59. The highest BCUT2D eigenvalue weighted by Gasteiger charge is 2.37. The van der Waals surface area contributed by atoms with Gasteiger partial charge in [0.05, 0.1) is 30.4 Å². The number of alkyl halides is 3. The van der Waals surface area contributed by atoms with E-state index in [9.17, 15) is 27.6 Å². The van der Waals surface area contributed by atoms with Gasteiger partial charge in [-0.15, -0.1) is 0 Å². The van der Waals surface area contributed by atoms with Crippen LogP contribution in [-0.2, 0) is 22.4 Å². The zero-order valence-electron chi connectivity index (χ0n) is 22.2. The van der Waals surface area contributed by atoms with Crippen LogP contribution < -0.4 is 19.5 Å². The van der Waals surface area contributed by atoms with Gasteiger partial charge in [-0.3, -0.25) is 19.3 Å². The van der Waals surface area contributed by atoms with Crippen molar-refractivity contribution >= 4 is 40.6 Å². The molecule has 8 nitrogen and oxygen atoms in total. The number of aryl methyl sites for hydroxylation is 1. The summed E-state index contributed by atoms with van der Waals surface area (Å²) < 4.78 is 55.7. The minimum absolute atomic E-state index is 0.0133. The van der Waals surface area contributed by atoms with Crippen LogP contribution in [0, 0.1) is 6.92 Å². The Hall–Kier alpha value is -4.45. The molecule has 1 fully saturated rings. The highest BCUT2D eigenvalue weighted by atomic mass is 32.2. The SMILES string of the molecule is COc1ccc(C(F)(F)F)cc1NC(=O)CN1C(=O)S/C(=C\c2ccc(OCc3cccc(C)c3)c(OC)c2)C1=O. The number of carbonyl (C=O) groups is 3. The number of thioether (sulfide) groups is 1. The molecule has 4 rings (SSSR count). The number of nitrogens with one attached hydrogen (secondary N) is 1. The maximum atomic E-state index is 13.1. The van der Waals surface area contributed by atoms with E-state index in [0.717, 1.165) is 23.3 Å². The van der Waals surface area contributed by atoms with Gasteiger partial charge < -0.3 is 19.5 Å². The number of benzene rings is 3. The standard InChI is InChI=1S/C29H25F3N2O6S/c1-17-5-4-6-19(11-17)16-40-23-9-7-18(12-24(23)39-3)13-25-27(36)34(28(37)41-25)15-26(35)33-21-14-20(29(30,31)32)8-10-22(21)38-2/h4-14H,15-16H2,1-3H3,(H,33,35)/b25-13-. The van der Waals surface area contributed by atoms with Gasteiger partial charge in [-0.1, -0.05) is 35.9 Å². The van der Waals surface area contributed by atoms with Crippen molar-refractivity contribution in [3.8, 4) is 17.2 Å². The molecule has 3 amide bonds. The zero-order valence-corrected chi connectivity index (χ0v) is 23.0. The number of nitrogens with zero attached hydrogens (tertiary/aromatic N) is 1. The molecule has 214 valence electrons. The molecular formula is C29H25F3N2O6S. The smallest absolute Gasteiger partial charge is 0.416 e. The van der Waals surface area contributed by atoms with Crippen LogP contribution in [-0.4, -0.2) is 42.7 Å². The van der Waals surface area contributed by atoms with Crippen molar-refractivity contribution in [3.63, 3.8) is 0 Å². The number of hydrogen-bond acceptors (Lipinski definition) is 7. The first kappa shape index (κ1) is 29.5. The summed E-state index contributed by atoms with van der Waals surface area (Å²) in [6.07, 6.45) is -3.16. The second-order valence-corrected chi connectivity index (χ2v) is 9.91. The molecule has 3 aromatic carbocycles. The summed E-state index contributed by atoms with van der Waals surface area (Å²) in [6, 6.07) is 15.5. The maximum absolute atomic E-state index is 13.1. The molecule has 1 N–H and O–H groups in total. The van der Waals surface area contributed by atoms with Gasteiger partial charge in [-0.25, -0.2) is 0 Å². The van der Waals surface area contributed by atoms with Crippen LogP contribution in [0.2, 0.25) is 0 Å². The summed E-state index contributed by atoms with van der Waals surface area (Å²) in [7, 11) is 2.71. The molecule has 0 aromatic heterocycles. The van der Waals surface area contributed by atoms with Crippen molar-refractivity contribution in [3.05, 3.63) is 87.8 Å². The highest BCUT2D eigenvalue weighted by molar-refractivity contribution is 8.18. The predicted molar refractivity (Wildman–Crippen MR) is 148 cm³/mol. The number of halogens is 3. The molecule has 0 radical (unpaired) electrons. The minimum Gasteiger partial charge on any atom is -0.495 e. The number of amides is 3. The fourth-order valence-electron chi connectivity index (χ4n) is 3.96. The average Bonchev–Trinajstić information content (AvgIpc) is 3.18. The Balaban J connectivity index is 1.45. The van der Waals surface area contributed by atoms with E-state index < -0.39 is 35.3 Å². The second kappa shape index (κ2) is 12.4. The van der Waals surface area contributed by atoms with Crippen molar-refractivity contribution in [1.29, 1.82) is 0 Å². The lowest BCUT2D eigenvalue weighted by atomic mass is 10.1. The Bertz CT molecular complexity index is 1520. The molecule has 41 heavy (non-hydrogen) atoms. The Morgan fingerprint density at radius 3 is 2.39 bits per heavy atom. The van der Waals surface area contributed by atoms with Crippen molar-refractivity contribution < 1.29 is 41.8 Å². The summed E-state index contributed by atoms with van der Waals surface area (Å²) in [5.41, 5.74) is 1.40.